The van der Waals surface area contributed by atoms with Gasteiger partial charge in [-0.25, -0.2) is 0 Å². The first kappa shape index (κ1) is 22.9. The van der Waals surface area contributed by atoms with Crippen LogP contribution in [0.2, 0.25) is 0 Å². The predicted octanol–water partition coefficient (Wildman–Crippen LogP) is 2.38. The first-order valence-electron chi connectivity index (χ1n) is 9.12. The fraction of sp³-hybridized carbons (Fsp3) is 0.941. The minimum absolute atomic E-state index is 0. The van der Waals surface area contributed by atoms with Gasteiger partial charge in [-0.3, -0.25) is 4.99 Å². The Morgan fingerprint density at radius 2 is 1.87 bits per heavy atom. The van der Waals surface area contributed by atoms with Crippen LogP contribution in [0.1, 0.15) is 46.5 Å². The van der Waals surface area contributed by atoms with E-state index in [2.05, 4.69) is 48.3 Å². The molecule has 1 aliphatic heterocycles. The van der Waals surface area contributed by atoms with E-state index in [-0.39, 0.29) is 24.0 Å². The summed E-state index contributed by atoms with van der Waals surface area (Å²) in [5.41, 5.74) is 0. The number of piperidine rings is 1. The van der Waals surface area contributed by atoms with E-state index in [0.717, 1.165) is 38.7 Å². The summed E-state index contributed by atoms with van der Waals surface area (Å²) in [6, 6.07) is 0.639. The highest BCUT2D eigenvalue weighted by Crippen LogP contribution is 2.07. The number of hydrogen-bond acceptors (Lipinski definition) is 3. The number of nitrogens with zero attached hydrogens (tertiary/aromatic N) is 3. The zero-order chi connectivity index (χ0) is 16.2. The summed E-state index contributed by atoms with van der Waals surface area (Å²) in [6.45, 7) is 14.0. The van der Waals surface area contributed by atoms with Crippen LogP contribution in [0.3, 0.4) is 0 Å². The molecule has 23 heavy (non-hydrogen) atoms. The molecule has 0 saturated carbocycles. The molecule has 0 aromatic heterocycles. The second-order valence-electron chi connectivity index (χ2n) is 6.33. The molecule has 0 aromatic carbocycles. The third-order valence-corrected chi connectivity index (χ3v) is 4.58. The van der Waals surface area contributed by atoms with Crippen molar-refractivity contribution in [2.45, 2.75) is 52.5 Å². The number of guanidine groups is 1. The molecular formula is C17H38IN5. The minimum Gasteiger partial charge on any atom is -0.357 e. The summed E-state index contributed by atoms with van der Waals surface area (Å²) in [5, 5.41) is 6.79. The Morgan fingerprint density at radius 1 is 1.17 bits per heavy atom. The molecular weight excluding hydrogens is 401 g/mol. The van der Waals surface area contributed by atoms with Crippen LogP contribution in [0.25, 0.3) is 0 Å². The molecule has 0 aromatic rings. The zero-order valence-electron chi connectivity index (χ0n) is 15.6. The van der Waals surface area contributed by atoms with E-state index in [9.17, 15) is 0 Å². The van der Waals surface area contributed by atoms with Crippen molar-refractivity contribution in [3.63, 3.8) is 0 Å². The van der Waals surface area contributed by atoms with Crippen molar-refractivity contribution in [1.82, 2.24) is 20.4 Å². The van der Waals surface area contributed by atoms with E-state index in [0.29, 0.717) is 6.04 Å². The Kier molecular flexibility index (Phi) is 14.2. The Balaban J connectivity index is 0.00000484. The minimum atomic E-state index is 0. The van der Waals surface area contributed by atoms with Crippen molar-refractivity contribution < 1.29 is 0 Å². The van der Waals surface area contributed by atoms with Crippen LogP contribution in [0.5, 0.6) is 0 Å². The van der Waals surface area contributed by atoms with Crippen LogP contribution in [-0.2, 0) is 0 Å². The van der Waals surface area contributed by atoms with E-state index in [1.165, 1.54) is 38.8 Å². The van der Waals surface area contributed by atoms with Gasteiger partial charge in [-0.05, 0) is 53.2 Å². The fourth-order valence-corrected chi connectivity index (χ4v) is 2.71. The van der Waals surface area contributed by atoms with Gasteiger partial charge in [0.05, 0.1) is 6.54 Å². The summed E-state index contributed by atoms with van der Waals surface area (Å²) in [6.07, 6.45) is 5.29. The van der Waals surface area contributed by atoms with Crippen molar-refractivity contribution in [1.29, 1.82) is 0 Å². The average Bonchev–Trinajstić information content (AvgIpc) is 2.55. The standard InChI is InChI=1S/C17H37N5.HI/c1-5-16(3)21(4)14-10-19-17(18-6-2)20-11-15-22-12-8-7-9-13-22;/h16H,5-15H2,1-4H3,(H2,18,19,20);1H. The molecule has 1 heterocycles. The maximum atomic E-state index is 4.70. The first-order chi connectivity index (χ1) is 10.7. The molecule has 138 valence electrons. The van der Waals surface area contributed by atoms with Crippen LogP contribution in [0.4, 0.5) is 0 Å². The van der Waals surface area contributed by atoms with Crippen molar-refractivity contribution >= 4 is 29.9 Å². The second kappa shape index (κ2) is 14.3. The summed E-state index contributed by atoms with van der Waals surface area (Å²) in [4.78, 5) is 9.63. The highest BCUT2D eigenvalue weighted by Gasteiger charge is 2.09. The van der Waals surface area contributed by atoms with E-state index in [1.54, 1.807) is 0 Å². The first-order valence-corrected chi connectivity index (χ1v) is 9.12. The van der Waals surface area contributed by atoms with Crippen LogP contribution < -0.4 is 10.6 Å². The zero-order valence-corrected chi connectivity index (χ0v) is 17.9. The van der Waals surface area contributed by atoms with Gasteiger partial charge in [-0.1, -0.05) is 13.3 Å². The lowest BCUT2D eigenvalue weighted by Gasteiger charge is -2.26. The van der Waals surface area contributed by atoms with Gasteiger partial charge in [-0.15, -0.1) is 24.0 Å². The number of hydrogen-bond donors (Lipinski definition) is 2. The van der Waals surface area contributed by atoms with Crippen molar-refractivity contribution in [3.8, 4) is 0 Å². The number of likely N-dealkylation sites (N-methyl/N-ethyl adjacent to an activating group) is 1. The average molecular weight is 439 g/mol. The quantitative estimate of drug-likeness (QED) is 0.329. The van der Waals surface area contributed by atoms with Gasteiger partial charge in [0.25, 0.3) is 0 Å². The Morgan fingerprint density at radius 3 is 2.48 bits per heavy atom. The molecule has 5 nitrogen and oxygen atoms in total. The molecule has 0 bridgehead atoms. The maximum Gasteiger partial charge on any atom is 0.191 e. The Hall–Kier alpha value is -0.0800. The third-order valence-electron chi connectivity index (χ3n) is 4.58. The molecule has 1 atom stereocenters. The molecule has 1 saturated heterocycles. The van der Waals surface area contributed by atoms with Crippen molar-refractivity contribution in [2.75, 3.05) is 52.9 Å². The van der Waals surface area contributed by atoms with Crippen LogP contribution >= 0.6 is 24.0 Å². The molecule has 1 fully saturated rings. The molecule has 1 aliphatic rings. The van der Waals surface area contributed by atoms with Gasteiger partial charge >= 0.3 is 0 Å². The summed E-state index contributed by atoms with van der Waals surface area (Å²) in [7, 11) is 2.19. The molecule has 0 amide bonds. The summed E-state index contributed by atoms with van der Waals surface area (Å²) in [5.74, 6) is 0.956. The topological polar surface area (TPSA) is 42.9 Å². The molecule has 0 aliphatic carbocycles. The third kappa shape index (κ3) is 10.4. The molecule has 2 N–H and O–H groups in total. The normalized spacial score (nSPS) is 17.7. The Labute approximate surface area is 160 Å². The molecule has 1 unspecified atom stereocenters. The van der Waals surface area contributed by atoms with E-state index in [4.69, 9.17) is 4.99 Å². The number of aliphatic imine (C=N–C) groups is 1. The van der Waals surface area contributed by atoms with E-state index < -0.39 is 0 Å². The predicted molar refractivity (Wildman–Crippen MR) is 112 cm³/mol. The number of likely N-dealkylation sites (tertiary alicyclic amines) is 1. The van der Waals surface area contributed by atoms with Gasteiger partial charge in [0.15, 0.2) is 5.96 Å². The smallest absolute Gasteiger partial charge is 0.191 e. The lowest BCUT2D eigenvalue weighted by molar-refractivity contribution is 0.235. The van der Waals surface area contributed by atoms with Gasteiger partial charge in [0.2, 0.25) is 0 Å². The lowest BCUT2D eigenvalue weighted by Crippen LogP contribution is -2.42. The van der Waals surface area contributed by atoms with Gasteiger partial charge in [0.1, 0.15) is 0 Å². The lowest BCUT2D eigenvalue weighted by atomic mass is 10.1. The van der Waals surface area contributed by atoms with E-state index >= 15 is 0 Å². The number of nitrogens with one attached hydrogen (secondary N) is 2. The van der Waals surface area contributed by atoms with Crippen LogP contribution in [0.15, 0.2) is 4.99 Å². The maximum absolute atomic E-state index is 4.70. The largest absolute Gasteiger partial charge is 0.357 e. The fourth-order valence-electron chi connectivity index (χ4n) is 2.71. The van der Waals surface area contributed by atoms with Crippen LogP contribution in [-0.4, -0.2) is 74.7 Å². The molecule has 0 radical (unpaired) electrons. The monoisotopic (exact) mass is 439 g/mol. The number of rotatable bonds is 9. The SMILES string of the molecule is CCNC(=NCCN1CCCCC1)NCCN(C)C(C)CC.I. The molecule has 0 spiro atoms. The second-order valence-corrected chi connectivity index (χ2v) is 6.33. The summed E-state index contributed by atoms with van der Waals surface area (Å²) < 4.78 is 0. The summed E-state index contributed by atoms with van der Waals surface area (Å²) >= 11 is 0. The van der Waals surface area contributed by atoms with Crippen molar-refractivity contribution in [2.24, 2.45) is 4.99 Å². The molecule has 1 rings (SSSR count). The van der Waals surface area contributed by atoms with Crippen LogP contribution in [0, 0.1) is 0 Å². The van der Waals surface area contributed by atoms with Gasteiger partial charge in [0, 0.05) is 32.2 Å². The highest BCUT2D eigenvalue weighted by atomic mass is 127. The van der Waals surface area contributed by atoms with Gasteiger partial charge in [-0.2, -0.15) is 0 Å². The Bertz CT molecular complexity index is 305. The van der Waals surface area contributed by atoms with E-state index in [1.807, 2.05) is 0 Å². The number of halogens is 1. The highest BCUT2D eigenvalue weighted by molar-refractivity contribution is 14.0. The van der Waals surface area contributed by atoms with Gasteiger partial charge < -0.3 is 20.4 Å². The molecule has 6 heteroatoms. The van der Waals surface area contributed by atoms with Crippen molar-refractivity contribution in [3.05, 3.63) is 0 Å².